The summed E-state index contributed by atoms with van der Waals surface area (Å²) in [6, 6.07) is 10.6. The van der Waals surface area contributed by atoms with Gasteiger partial charge in [-0.05, 0) is 24.3 Å². The van der Waals surface area contributed by atoms with E-state index in [1.807, 2.05) is 0 Å². The number of morpholine rings is 1. The first-order valence-corrected chi connectivity index (χ1v) is 11.5. The van der Waals surface area contributed by atoms with Gasteiger partial charge in [0.1, 0.15) is 0 Å². The lowest BCUT2D eigenvalue weighted by atomic mass is 10.1. The zero-order valence-electron chi connectivity index (χ0n) is 17.5. The van der Waals surface area contributed by atoms with Gasteiger partial charge in [-0.1, -0.05) is 12.1 Å². The predicted molar refractivity (Wildman–Crippen MR) is 118 cm³/mol. The van der Waals surface area contributed by atoms with Crippen LogP contribution in [-0.4, -0.2) is 69.6 Å². The van der Waals surface area contributed by atoms with E-state index in [9.17, 15) is 28.1 Å². The Bertz CT molecular complexity index is 1130. The lowest BCUT2D eigenvalue weighted by molar-refractivity contribution is -0.385. The van der Waals surface area contributed by atoms with E-state index in [0.717, 1.165) is 6.07 Å². The summed E-state index contributed by atoms with van der Waals surface area (Å²) in [6.45, 7) is 1.81. The number of anilines is 1. The molecule has 3 N–H and O–H groups in total. The quantitative estimate of drug-likeness (QED) is 0.292. The molecule has 3 rings (SSSR count). The molecule has 13 heteroatoms. The predicted octanol–water partition coefficient (Wildman–Crippen LogP) is 1.17. The van der Waals surface area contributed by atoms with Crippen molar-refractivity contribution in [1.29, 1.82) is 0 Å². The fourth-order valence-electron chi connectivity index (χ4n) is 3.06. The summed E-state index contributed by atoms with van der Waals surface area (Å²) in [5, 5.41) is 15.9. The molecule has 0 unspecified atom stereocenters. The van der Waals surface area contributed by atoms with Gasteiger partial charge in [0.2, 0.25) is 10.0 Å². The Hall–Kier alpha value is -3.55. The van der Waals surface area contributed by atoms with Gasteiger partial charge in [0.15, 0.2) is 0 Å². The highest BCUT2D eigenvalue weighted by atomic mass is 32.2. The van der Waals surface area contributed by atoms with Crippen LogP contribution in [-0.2, 0) is 14.8 Å². The Balaban J connectivity index is 1.48. The van der Waals surface area contributed by atoms with Crippen LogP contribution in [0.25, 0.3) is 0 Å². The minimum atomic E-state index is -3.98. The van der Waals surface area contributed by atoms with E-state index >= 15 is 0 Å². The van der Waals surface area contributed by atoms with Crippen molar-refractivity contribution in [2.24, 2.45) is 0 Å². The number of ether oxygens (including phenoxy) is 1. The average molecular weight is 477 g/mol. The lowest BCUT2D eigenvalue weighted by Gasteiger charge is -2.27. The van der Waals surface area contributed by atoms with Gasteiger partial charge < -0.3 is 20.3 Å². The molecule has 0 atom stereocenters. The van der Waals surface area contributed by atoms with E-state index in [2.05, 4.69) is 15.4 Å². The van der Waals surface area contributed by atoms with Crippen molar-refractivity contribution in [2.75, 3.05) is 44.7 Å². The molecule has 0 spiro atoms. The minimum absolute atomic E-state index is 0.0353. The van der Waals surface area contributed by atoms with Crippen molar-refractivity contribution < 1.29 is 27.7 Å². The maximum Gasteiger partial charge on any atom is 0.319 e. The van der Waals surface area contributed by atoms with Crippen LogP contribution in [0.5, 0.6) is 0 Å². The van der Waals surface area contributed by atoms with E-state index in [0.29, 0.717) is 37.6 Å². The minimum Gasteiger partial charge on any atom is -0.378 e. The van der Waals surface area contributed by atoms with Gasteiger partial charge in [-0.25, -0.2) is 17.9 Å². The summed E-state index contributed by atoms with van der Waals surface area (Å²) in [4.78, 5) is 36.2. The van der Waals surface area contributed by atoms with Crippen molar-refractivity contribution in [2.45, 2.75) is 4.90 Å². The second-order valence-electron chi connectivity index (χ2n) is 7.02. The molecule has 1 fully saturated rings. The van der Waals surface area contributed by atoms with Crippen LogP contribution >= 0.6 is 0 Å². The summed E-state index contributed by atoms with van der Waals surface area (Å²) in [7, 11) is -3.98. The topological polar surface area (TPSA) is 160 Å². The first kappa shape index (κ1) is 24.1. The summed E-state index contributed by atoms with van der Waals surface area (Å²) in [6.07, 6.45) is 0. The molecule has 176 valence electrons. The first-order chi connectivity index (χ1) is 15.8. The smallest absolute Gasteiger partial charge is 0.319 e. The molecule has 12 nitrogen and oxygen atoms in total. The number of rotatable bonds is 8. The number of nitro benzene ring substituents is 1. The van der Waals surface area contributed by atoms with Gasteiger partial charge in [0, 0.05) is 49.6 Å². The largest absolute Gasteiger partial charge is 0.378 e. The normalized spacial score (nSPS) is 13.9. The maximum atomic E-state index is 12.6. The third kappa shape index (κ3) is 6.71. The maximum absolute atomic E-state index is 12.6. The number of carbonyl (C=O) groups is 2. The first-order valence-electron chi connectivity index (χ1n) is 10.0. The summed E-state index contributed by atoms with van der Waals surface area (Å²) in [5.74, 6) is -0.155. The third-order valence-electron chi connectivity index (χ3n) is 4.71. The van der Waals surface area contributed by atoms with Gasteiger partial charge in [0.05, 0.1) is 23.0 Å². The fourth-order valence-corrected chi connectivity index (χ4v) is 4.13. The van der Waals surface area contributed by atoms with Crippen LogP contribution in [0.15, 0.2) is 53.4 Å². The monoisotopic (exact) mass is 477 g/mol. The number of sulfonamides is 1. The average Bonchev–Trinajstić information content (AvgIpc) is 2.82. The molecule has 0 aliphatic carbocycles. The van der Waals surface area contributed by atoms with Crippen molar-refractivity contribution in [3.05, 3.63) is 64.2 Å². The molecule has 1 heterocycles. The molecule has 0 radical (unpaired) electrons. The summed E-state index contributed by atoms with van der Waals surface area (Å²) >= 11 is 0. The highest BCUT2D eigenvalue weighted by Crippen LogP contribution is 2.17. The third-order valence-corrected chi connectivity index (χ3v) is 6.17. The molecule has 2 aromatic rings. The number of nitrogens with zero attached hydrogens (tertiary/aromatic N) is 2. The Kier molecular flexibility index (Phi) is 7.92. The second kappa shape index (κ2) is 10.8. The van der Waals surface area contributed by atoms with E-state index in [1.165, 1.54) is 18.2 Å². The van der Waals surface area contributed by atoms with Gasteiger partial charge in [0.25, 0.3) is 11.6 Å². The number of hydrogen-bond donors (Lipinski definition) is 3. The number of hydrogen-bond acceptors (Lipinski definition) is 7. The number of nitro groups is 1. The van der Waals surface area contributed by atoms with Crippen LogP contribution in [0, 0.1) is 10.1 Å². The van der Waals surface area contributed by atoms with Crippen molar-refractivity contribution in [1.82, 2.24) is 14.9 Å². The van der Waals surface area contributed by atoms with Crippen LogP contribution in [0.4, 0.5) is 16.2 Å². The van der Waals surface area contributed by atoms with Gasteiger partial charge >= 0.3 is 6.03 Å². The van der Waals surface area contributed by atoms with Crippen LogP contribution in [0.2, 0.25) is 0 Å². The summed E-state index contributed by atoms with van der Waals surface area (Å²) in [5.41, 5.74) is 0.493. The SMILES string of the molecule is O=C(NCCNS(=O)(=O)c1cccc([N+](=O)[O-])c1)Nc1cccc(C(=O)N2CCOCC2)c1. The Morgan fingerprint density at radius 3 is 2.52 bits per heavy atom. The van der Waals surface area contributed by atoms with Gasteiger partial charge in [-0.15, -0.1) is 0 Å². The Labute approximate surface area is 190 Å². The zero-order valence-corrected chi connectivity index (χ0v) is 18.3. The molecule has 1 aliphatic rings. The molecule has 2 aromatic carbocycles. The van der Waals surface area contributed by atoms with Crippen molar-refractivity contribution in [3.63, 3.8) is 0 Å². The molecule has 0 aromatic heterocycles. The molecule has 0 saturated carbocycles. The molecular formula is C20H23N5O7S. The van der Waals surface area contributed by atoms with Crippen molar-refractivity contribution >= 4 is 33.3 Å². The van der Waals surface area contributed by atoms with Crippen LogP contribution < -0.4 is 15.4 Å². The molecular weight excluding hydrogens is 454 g/mol. The van der Waals surface area contributed by atoms with E-state index in [1.54, 1.807) is 29.2 Å². The molecule has 33 heavy (non-hydrogen) atoms. The fraction of sp³-hybridized carbons (Fsp3) is 0.300. The number of benzene rings is 2. The highest BCUT2D eigenvalue weighted by Gasteiger charge is 2.19. The zero-order chi connectivity index (χ0) is 23.8. The Morgan fingerprint density at radius 2 is 1.79 bits per heavy atom. The van der Waals surface area contributed by atoms with Gasteiger partial charge in [-0.2, -0.15) is 0 Å². The number of carbonyl (C=O) groups excluding carboxylic acids is 2. The Morgan fingerprint density at radius 1 is 1.06 bits per heavy atom. The van der Waals surface area contributed by atoms with Gasteiger partial charge in [-0.3, -0.25) is 14.9 Å². The summed E-state index contributed by atoms with van der Waals surface area (Å²) < 4.78 is 32.0. The molecule has 0 bridgehead atoms. The molecule has 1 saturated heterocycles. The van der Waals surface area contributed by atoms with E-state index in [-0.39, 0.29) is 29.6 Å². The number of urea groups is 1. The molecule has 3 amide bonds. The van der Waals surface area contributed by atoms with E-state index in [4.69, 9.17) is 4.74 Å². The lowest BCUT2D eigenvalue weighted by Crippen LogP contribution is -2.40. The van der Waals surface area contributed by atoms with E-state index < -0.39 is 21.0 Å². The second-order valence-corrected chi connectivity index (χ2v) is 8.79. The molecule has 1 aliphatic heterocycles. The number of non-ortho nitro benzene ring substituents is 1. The van der Waals surface area contributed by atoms with Crippen LogP contribution in [0.3, 0.4) is 0 Å². The highest BCUT2D eigenvalue weighted by molar-refractivity contribution is 7.89. The van der Waals surface area contributed by atoms with Crippen molar-refractivity contribution in [3.8, 4) is 0 Å². The standard InChI is InChI=1S/C20H23N5O7S/c26-19(24-9-11-32-12-10-24)15-3-1-4-16(13-15)23-20(27)21-7-8-22-33(30,31)18-6-2-5-17(14-18)25(28)29/h1-6,13-14,22H,7-12H2,(H2,21,23,27). The number of amides is 3. The number of nitrogens with one attached hydrogen (secondary N) is 3. The van der Waals surface area contributed by atoms with Crippen LogP contribution in [0.1, 0.15) is 10.4 Å².